The Morgan fingerprint density at radius 1 is 1.40 bits per heavy atom. The topological polar surface area (TPSA) is 73.4 Å². The smallest absolute Gasteiger partial charge is 0.251 e. The number of carbonyl (C=O) groups is 1. The molecule has 2 aliphatic heterocycles. The summed E-state index contributed by atoms with van der Waals surface area (Å²) in [5, 5.41) is 4.26. The lowest BCUT2D eigenvalue weighted by atomic mass is 10.0. The van der Waals surface area contributed by atoms with Gasteiger partial charge in [-0.05, 0) is 31.2 Å². The number of anilines is 1. The van der Waals surface area contributed by atoms with Crippen LogP contribution in [0.5, 0.6) is 0 Å². The van der Waals surface area contributed by atoms with Gasteiger partial charge in [0.1, 0.15) is 11.9 Å². The molecule has 0 radical (unpaired) electrons. The van der Waals surface area contributed by atoms with Gasteiger partial charge in [-0.1, -0.05) is 6.92 Å². The largest absolute Gasteiger partial charge is 0.382 e. The van der Waals surface area contributed by atoms with Gasteiger partial charge >= 0.3 is 0 Å². The van der Waals surface area contributed by atoms with Gasteiger partial charge in [0.25, 0.3) is 5.91 Å². The van der Waals surface area contributed by atoms with E-state index in [0.717, 1.165) is 32.4 Å². The molecule has 3 rings (SSSR count). The Morgan fingerprint density at radius 2 is 2.15 bits per heavy atom. The summed E-state index contributed by atoms with van der Waals surface area (Å²) in [6.07, 6.45) is 4.52. The van der Waals surface area contributed by atoms with Gasteiger partial charge in [0.2, 0.25) is 0 Å². The fraction of sp³-hybridized carbons (Fsp3) is 0.714. The van der Waals surface area contributed by atoms with Crippen LogP contribution in [0, 0.1) is 5.92 Å². The molecule has 2 aliphatic rings. The summed E-state index contributed by atoms with van der Waals surface area (Å²) in [6, 6.07) is 2.16. The summed E-state index contributed by atoms with van der Waals surface area (Å²) < 4.78 is 7.49. The van der Waals surface area contributed by atoms with Crippen LogP contribution in [0.3, 0.4) is 0 Å². The molecule has 2 N–H and O–H groups in total. The van der Waals surface area contributed by atoms with Crippen LogP contribution in [0.4, 0.5) is 5.82 Å². The first kappa shape index (κ1) is 13.4. The summed E-state index contributed by atoms with van der Waals surface area (Å²) in [5.74, 6) is 1.05. The molecule has 1 aromatic heterocycles. The van der Waals surface area contributed by atoms with Crippen molar-refractivity contribution in [3.8, 4) is 0 Å². The minimum atomic E-state index is -0.230. The van der Waals surface area contributed by atoms with Crippen LogP contribution in [0.15, 0.2) is 12.3 Å². The highest BCUT2D eigenvalue weighted by molar-refractivity contribution is 5.81. The number of nitrogens with two attached hydrogens (primary N) is 1. The Labute approximate surface area is 118 Å². The molecule has 2 fully saturated rings. The van der Waals surface area contributed by atoms with E-state index in [1.165, 1.54) is 0 Å². The van der Waals surface area contributed by atoms with E-state index in [4.69, 9.17) is 10.5 Å². The minimum Gasteiger partial charge on any atom is -0.382 e. The number of rotatable bonds is 2. The molecule has 0 saturated carbocycles. The lowest BCUT2D eigenvalue weighted by molar-refractivity contribution is -0.143. The van der Waals surface area contributed by atoms with Crippen LogP contribution in [0.2, 0.25) is 0 Å². The Hall–Kier alpha value is -1.56. The van der Waals surface area contributed by atoms with E-state index >= 15 is 0 Å². The van der Waals surface area contributed by atoms with E-state index in [2.05, 4.69) is 12.0 Å². The molecule has 110 valence electrons. The molecule has 0 bridgehead atoms. The van der Waals surface area contributed by atoms with Crippen molar-refractivity contribution in [3.63, 3.8) is 0 Å². The highest BCUT2D eigenvalue weighted by Gasteiger charge is 2.35. The third-order valence-electron chi connectivity index (χ3n) is 4.41. The molecule has 20 heavy (non-hydrogen) atoms. The number of nitrogens with zero attached hydrogens (tertiary/aromatic N) is 3. The molecule has 6 heteroatoms. The van der Waals surface area contributed by atoms with Crippen molar-refractivity contribution in [3.05, 3.63) is 12.3 Å². The van der Waals surface area contributed by atoms with Crippen LogP contribution in [-0.2, 0) is 9.53 Å². The summed E-state index contributed by atoms with van der Waals surface area (Å²) in [7, 11) is 0. The first-order chi connectivity index (χ1) is 9.65. The van der Waals surface area contributed by atoms with Gasteiger partial charge in [-0.25, -0.2) is 0 Å². The number of hydrogen-bond donors (Lipinski definition) is 1. The Kier molecular flexibility index (Phi) is 3.65. The highest BCUT2D eigenvalue weighted by Crippen LogP contribution is 2.26. The molecule has 6 nitrogen and oxygen atoms in total. The maximum atomic E-state index is 12.4. The summed E-state index contributed by atoms with van der Waals surface area (Å²) >= 11 is 0. The Morgan fingerprint density at radius 3 is 2.70 bits per heavy atom. The number of aromatic nitrogens is 2. The zero-order chi connectivity index (χ0) is 14.1. The van der Waals surface area contributed by atoms with E-state index in [9.17, 15) is 4.79 Å². The molecule has 2 unspecified atom stereocenters. The molecule has 3 heterocycles. The number of nitrogen functional groups attached to an aromatic ring is 1. The molecule has 1 aromatic rings. The van der Waals surface area contributed by atoms with Crippen molar-refractivity contribution in [1.82, 2.24) is 14.7 Å². The van der Waals surface area contributed by atoms with Crippen molar-refractivity contribution in [2.75, 3.05) is 25.4 Å². The lowest BCUT2D eigenvalue weighted by Crippen LogP contribution is -2.45. The average Bonchev–Trinajstić information content (AvgIpc) is 3.07. The monoisotopic (exact) mass is 278 g/mol. The predicted octanol–water partition coefficient (Wildman–Crippen LogP) is 1.05. The minimum absolute atomic E-state index is 0.161. The average molecular weight is 278 g/mol. The number of hydrogen-bond acceptors (Lipinski definition) is 4. The first-order valence-electron chi connectivity index (χ1n) is 7.36. The molecule has 1 amide bonds. The number of carbonyl (C=O) groups excluding carboxylic acids is 1. The van der Waals surface area contributed by atoms with Crippen LogP contribution < -0.4 is 5.73 Å². The van der Waals surface area contributed by atoms with Crippen molar-refractivity contribution < 1.29 is 9.53 Å². The SMILES string of the molecule is CC1CCOC1C(=O)N1CCC(n2ccc(N)n2)CC1. The Bertz CT molecular complexity index is 479. The molecule has 0 aromatic carbocycles. The zero-order valence-electron chi connectivity index (χ0n) is 11.9. The fourth-order valence-electron chi connectivity index (χ4n) is 3.10. The van der Waals surface area contributed by atoms with Gasteiger partial charge in [0.15, 0.2) is 0 Å². The number of amides is 1. The second kappa shape index (κ2) is 5.44. The standard InChI is InChI=1S/C14H22N4O2/c1-10-5-9-20-13(10)14(19)17-6-2-11(3-7-17)18-8-4-12(15)16-18/h4,8,10-11,13H,2-3,5-7,9H2,1H3,(H2,15,16). The maximum Gasteiger partial charge on any atom is 0.251 e. The quantitative estimate of drug-likeness (QED) is 0.877. The number of likely N-dealkylation sites (tertiary alicyclic amines) is 1. The third kappa shape index (κ3) is 2.52. The van der Waals surface area contributed by atoms with E-state index in [-0.39, 0.29) is 12.0 Å². The van der Waals surface area contributed by atoms with Crippen LogP contribution >= 0.6 is 0 Å². The van der Waals surface area contributed by atoms with Crippen molar-refractivity contribution in [2.24, 2.45) is 5.92 Å². The highest BCUT2D eigenvalue weighted by atomic mass is 16.5. The van der Waals surface area contributed by atoms with Crippen molar-refractivity contribution in [2.45, 2.75) is 38.3 Å². The second-order valence-electron chi connectivity index (χ2n) is 5.83. The van der Waals surface area contributed by atoms with Crippen LogP contribution in [-0.4, -0.2) is 46.4 Å². The van der Waals surface area contributed by atoms with Gasteiger partial charge < -0.3 is 15.4 Å². The molecule has 0 aliphatic carbocycles. The summed E-state index contributed by atoms with van der Waals surface area (Å²) in [5.41, 5.74) is 5.65. The maximum absolute atomic E-state index is 12.4. The normalized spacial score (nSPS) is 27.9. The van der Waals surface area contributed by atoms with Crippen molar-refractivity contribution >= 4 is 11.7 Å². The zero-order valence-corrected chi connectivity index (χ0v) is 11.9. The van der Waals surface area contributed by atoms with Gasteiger partial charge in [-0.3, -0.25) is 9.48 Å². The van der Waals surface area contributed by atoms with E-state index in [0.29, 0.717) is 24.4 Å². The van der Waals surface area contributed by atoms with Crippen LogP contribution in [0.25, 0.3) is 0 Å². The van der Waals surface area contributed by atoms with Crippen molar-refractivity contribution in [1.29, 1.82) is 0 Å². The number of ether oxygens (including phenoxy) is 1. The lowest BCUT2D eigenvalue weighted by Gasteiger charge is -2.34. The van der Waals surface area contributed by atoms with E-state index in [1.807, 2.05) is 21.8 Å². The Balaban J connectivity index is 1.57. The van der Waals surface area contributed by atoms with Gasteiger partial charge in [-0.15, -0.1) is 0 Å². The first-order valence-corrected chi connectivity index (χ1v) is 7.36. The predicted molar refractivity (Wildman–Crippen MR) is 75.0 cm³/mol. The van der Waals surface area contributed by atoms with Crippen LogP contribution in [0.1, 0.15) is 32.2 Å². The molecular weight excluding hydrogens is 256 g/mol. The van der Waals surface area contributed by atoms with Gasteiger partial charge in [0, 0.05) is 25.9 Å². The third-order valence-corrected chi connectivity index (χ3v) is 4.41. The fourth-order valence-corrected chi connectivity index (χ4v) is 3.10. The molecule has 2 atom stereocenters. The van der Waals surface area contributed by atoms with E-state index in [1.54, 1.807) is 0 Å². The van der Waals surface area contributed by atoms with Gasteiger partial charge in [0.05, 0.1) is 6.04 Å². The summed E-state index contributed by atoms with van der Waals surface area (Å²) in [6.45, 7) is 4.35. The molecule has 2 saturated heterocycles. The molecule has 0 spiro atoms. The number of piperidine rings is 1. The molecular formula is C14H22N4O2. The van der Waals surface area contributed by atoms with E-state index < -0.39 is 0 Å². The second-order valence-corrected chi connectivity index (χ2v) is 5.83. The van der Waals surface area contributed by atoms with Gasteiger partial charge in [-0.2, -0.15) is 5.10 Å². The summed E-state index contributed by atoms with van der Waals surface area (Å²) in [4.78, 5) is 14.4.